The van der Waals surface area contributed by atoms with E-state index in [0.29, 0.717) is 12.1 Å². The first-order valence-corrected chi connectivity index (χ1v) is 7.04. The van der Waals surface area contributed by atoms with Crippen LogP contribution in [0.15, 0.2) is 34.1 Å². The molecule has 0 bridgehead atoms. The Kier molecular flexibility index (Phi) is 4.70. The summed E-state index contributed by atoms with van der Waals surface area (Å²) in [4.78, 5) is 0. The maximum Gasteiger partial charge on any atom is 0.170 e. The zero-order chi connectivity index (χ0) is 14.5. The molecule has 0 radical (unpaired) electrons. The van der Waals surface area contributed by atoms with Crippen molar-refractivity contribution >= 4 is 17.2 Å². The molecule has 2 rings (SSSR count). The van der Waals surface area contributed by atoms with Crippen LogP contribution >= 0.6 is 11.3 Å². The van der Waals surface area contributed by atoms with Crippen molar-refractivity contribution in [2.45, 2.75) is 20.0 Å². The van der Waals surface area contributed by atoms with Crippen LogP contribution in [0.25, 0.3) is 0 Å². The molecule has 0 amide bonds. The highest BCUT2D eigenvalue weighted by molar-refractivity contribution is 7.08. The molecule has 0 aliphatic rings. The maximum absolute atomic E-state index is 13.5. The number of aryl methyl sites for hydroxylation is 1. The van der Waals surface area contributed by atoms with Crippen molar-refractivity contribution in [1.82, 2.24) is 5.32 Å². The molecule has 0 saturated heterocycles. The Hall–Kier alpha value is -1.92. The van der Waals surface area contributed by atoms with Crippen LogP contribution < -0.4 is 11.1 Å². The number of nitrogens with zero attached hydrogens (tertiary/aromatic N) is 1. The van der Waals surface area contributed by atoms with E-state index in [1.54, 1.807) is 17.4 Å². The van der Waals surface area contributed by atoms with Crippen molar-refractivity contribution in [3.63, 3.8) is 0 Å². The molecule has 0 aliphatic carbocycles. The van der Waals surface area contributed by atoms with Crippen LogP contribution in [-0.4, -0.2) is 11.0 Å². The number of nitrogens with two attached hydrogens (primary N) is 1. The van der Waals surface area contributed by atoms with Gasteiger partial charge < -0.3 is 16.3 Å². The molecular formula is C14H16FN3OS. The lowest BCUT2D eigenvalue weighted by molar-refractivity contribution is 0.318. The van der Waals surface area contributed by atoms with E-state index in [9.17, 15) is 4.39 Å². The molecule has 1 aromatic heterocycles. The van der Waals surface area contributed by atoms with Crippen LogP contribution in [0.1, 0.15) is 22.3 Å². The summed E-state index contributed by atoms with van der Waals surface area (Å²) >= 11 is 1.66. The van der Waals surface area contributed by atoms with Crippen LogP contribution in [0.2, 0.25) is 0 Å². The predicted molar refractivity (Wildman–Crippen MR) is 78.5 cm³/mol. The van der Waals surface area contributed by atoms with E-state index in [0.717, 1.165) is 12.1 Å². The fourth-order valence-electron chi connectivity index (χ4n) is 1.87. The van der Waals surface area contributed by atoms with Crippen molar-refractivity contribution in [2.75, 3.05) is 0 Å². The minimum absolute atomic E-state index is 0.0978. The van der Waals surface area contributed by atoms with Crippen LogP contribution in [-0.2, 0) is 13.1 Å². The molecule has 0 unspecified atom stereocenters. The second-order valence-electron chi connectivity index (χ2n) is 4.52. The normalized spacial score (nSPS) is 11.8. The van der Waals surface area contributed by atoms with E-state index in [1.807, 2.05) is 0 Å². The highest BCUT2D eigenvalue weighted by atomic mass is 32.1. The van der Waals surface area contributed by atoms with Gasteiger partial charge in [0.25, 0.3) is 0 Å². The first-order chi connectivity index (χ1) is 9.60. The van der Waals surface area contributed by atoms with Crippen molar-refractivity contribution in [3.8, 4) is 0 Å². The highest BCUT2D eigenvalue weighted by Gasteiger charge is 2.05. The Balaban J connectivity index is 2.02. The van der Waals surface area contributed by atoms with E-state index in [4.69, 9.17) is 10.9 Å². The number of hydrogen-bond donors (Lipinski definition) is 3. The minimum Gasteiger partial charge on any atom is -0.409 e. The topological polar surface area (TPSA) is 70.6 Å². The van der Waals surface area contributed by atoms with Gasteiger partial charge in [-0.2, -0.15) is 11.3 Å². The molecule has 1 heterocycles. The molecule has 0 spiro atoms. The smallest absolute Gasteiger partial charge is 0.170 e. The molecule has 106 valence electrons. The zero-order valence-electron chi connectivity index (χ0n) is 11.1. The Bertz CT molecular complexity index is 625. The average molecular weight is 293 g/mol. The number of amidine groups is 1. The number of rotatable bonds is 5. The lowest BCUT2D eigenvalue weighted by Crippen LogP contribution is -2.16. The molecule has 0 aliphatic heterocycles. The molecule has 6 heteroatoms. The molecule has 4 N–H and O–H groups in total. The van der Waals surface area contributed by atoms with Gasteiger partial charge in [-0.05, 0) is 52.6 Å². The summed E-state index contributed by atoms with van der Waals surface area (Å²) in [6, 6.07) is 4.37. The number of hydrogen-bond acceptors (Lipinski definition) is 4. The molecule has 1 aromatic carbocycles. The first-order valence-electron chi connectivity index (χ1n) is 6.10. The van der Waals surface area contributed by atoms with Crippen molar-refractivity contribution in [3.05, 3.63) is 57.0 Å². The standard InChI is InChI=1S/C14H16FN3OS/c1-9-7-20-8-12(9)6-17-5-10-2-11(14(16)18-19)4-13(15)3-10/h2-4,7-8,17,19H,5-6H2,1H3,(H2,16,18). The van der Waals surface area contributed by atoms with Gasteiger partial charge >= 0.3 is 0 Å². The third kappa shape index (κ3) is 3.55. The molecule has 2 aromatic rings. The number of benzene rings is 1. The minimum atomic E-state index is -0.405. The number of halogens is 1. The fraction of sp³-hybridized carbons (Fsp3) is 0.214. The SMILES string of the molecule is Cc1cscc1CNCc1cc(F)cc(/C(N)=N/O)c1. The third-order valence-electron chi connectivity index (χ3n) is 2.97. The van der Waals surface area contributed by atoms with E-state index < -0.39 is 5.82 Å². The van der Waals surface area contributed by atoms with Crippen LogP contribution in [0.5, 0.6) is 0 Å². The van der Waals surface area contributed by atoms with Gasteiger partial charge in [0.05, 0.1) is 0 Å². The summed E-state index contributed by atoms with van der Waals surface area (Å²) in [6.07, 6.45) is 0. The summed E-state index contributed by atoms with van der Waals surface area (Å²) < 4.78 is 13.5. The van der Waals surface area contributed by atoms with E-state index in [1.165, 1.54) is 23.3 Å². The average Bonchev–Trinajstić information content (AvgIpc) is 2.83. The maximum atomic E-state index is 13.5. The molecule has 4 nitrogen and oxygen atoms in total. The number of thiophene rings is 1. The van der Waals surface area contributed by atoms with Gasteiger partial charge in [0.2, 0.25) is 0 Å². The molecule has 20 heavy (non-hydrogen) atoms. The second-order valence-corrected chi connectivity index (χ2v) is 5.26. The summed E-state index contributed by atoms with van der Waals surface area (Å²) in [6.45, 7) is 3.30. The summed E-state index contributed by atoms with van der Waals surface area (Å²) in [7, 11) is 0. The van der Waals surface area contributed by atoms with Crippen LogP contribution in [0.4, 0.5) is 4.39 Å². The van der Waals surface area contributed by atoms with Gasteiger partial charge in [-0.1, -0.05) is 5.16 Å². The van der Waals surface area contributed by atoms with Gasteiger partial charge in [-0.25, -0.2) is 4.39 Å². The van der Waals surface area contributed by atoms with E-state index in [-0.39, 0.29) is 5.84 Å². The Labute approximate surface area is 120 Å². The van der Waals surface area contributed by atoms with Crippen molar-refractivity contribution < 1.29 is 9.60 Å². The fourth-order valence-corrected chi connectivity index (χ4v) is 2.72. The van der Waals surface area contributed by atoms with Gasteiger partial charge in [-0.15, -0.1) is 0 Å². The Morgan fingerprint density at radius 2 is 2.15 bits per heavy atom. The number of nitrogens with one attached hydrogen (secondary N) is 1. The zero-order valence-corrected chi connectivity index (χ0v) is 11.9. The molecular weight excluding hydrogens is 277 g/mol. The molecule has 0 atom stereocenters. The molecule has 0 fully saturated rings. The molecule has 0 saturated carbocycles. The lowest BCUT2D eigenvalue weighted by atomic mass is 10.1. The van der Waals surface area contributed by atoms with Gasteiger partial charge in [0.15, 0.2) is 5.84 Å². The largest absolute Gasteiger partial charge is 0.409 e. The monoisotopic (exact) mass is 293 g/mol. The summed E-state index contributed by atoms with van der Waals surface area (Å²) in [5, 5.41) is 18.9. The van der Waals surface area contributed by atoms with Crippen molar-refractivity contribution in [2.24, 2.45) is 10.9 Å². The Morgan fingerprint density at radius 3 is 2.80 bits per heavy atom. The first kappa shape index (κ1) is 14.5. The Morgan fingerprint density at radius 1 is 1.35 bits per heavy atom. The second kappa shape index (κ2) is 6.49. The third-order valence-corrected chi connectivity index (χ3v) is 3.88. The summed E-state index contributed by atoms with van der Waals surface area (Å²) in [5.41, 5.74) is 9.08. The number of oxime groups is 1. The quantitative estimate of drug-likeness (QED) is 0.343. The van der Waals surface area contributed by atoms with E-state index in [2.05, 4.69) is 28.2 Å². The lowest BCUT2D eigenvalue weighted by Gasteiger charge is -2.07. The van der Waals surface area contributed by atoms with Crippen LogP contribution in [0, 0.1) is 12.7 Å². The predicted octanol–water partition coefficient (Wildman–Crippen LogP) is 2.58. The van der Waals surface area contributed by atoms with Gasteiger partial charge in [-0.3, -0.25) is 0 Å². The van der Waals surface area contributed by atoms with Crippen molar-refractivity contribution in [1.29, 1.82) is 0 Å². The highest BCUT2D eigenvalue weighted by Crippen LogP contribution is 2.14. The van der Waals surface area contributed by atoms with Gasteiger partial charge in [0.1, 0.15) is 5.82 Å². The van der Waals surface area contributed by atoms with E-state index >= 15 is 0 Å². The van der Waals surface area contributed by atoms with Gasteiger partial charge in [0, 0.05) is 18.7 Å². The summed E-state index contributed by atoms with van der Waals surface area (Å²) in [5.74, 6) is -0.503. The van der Waals surface area contributed by atoms with Crippen LogP contribution in [0.3, 0.4) is 0 Å².